The van der Waals surface area contributed by atoms with Gasteiger partial charge in [-0.1, -0.05) is 41.9 Å². The Morgan fingerprint density at radius 3 is 2.51 bits per heavy atom. The molecule has 0 saturated heterocycles. The van der Waals surface area contributed by atoms with Crippen LogP contribution in [0.1, 0.15) is 51.8 Å². The number of carbonyl (C=O) groups excluding carboxylic acids is 1. The van der Waals surface area contributed by atoms with Crippen molar-refractivity contribution in [1.29, 1.82) is 0 Å². The average molecular weight is 500 g/mol. The van der Waals surface area contributed by atoms with Crippen molar-refractivity contribution in [1.82, 2.24) is 24.9 Å². The van der Waals surface area contributed by atoms with Crippen LogP contribution in [-0.4, -0.2) is 25.5 Å². The normalized spacial score (nSPS) is 15.6. The molecule has 180 valence electrons. The molecule has 0 radical (unpaired) electrons. The summed E-state index contributed by atoms with van der Waals surface area (Å²) in [7, 11) is 0. The van der Waals surface area contributed by atoms with Crippen molar-refractivity contribution in [2.75, 3.05) is 0 Å². The predicted octanol–water partition coefficient (Wildman–Crippen LogP) is 5.60. The van der Waals surface area contributed by atoms with Crippen LogP contribution in [0, 0.1) is 0 Å². The van der Waals surface area contributed by atoms with Gasteiger partial charge in [-0.15, -0.1) is 0 Å². The first-order valence-corrected chi connectivity index (χ1v) is 11.5. The number of alkyl halides is 3. The minimum absolute atomic E-state index is 0.155. The van der Waals surface area contributed by atoms with Crippen molar-refractivity contribution in [2.45, 2.75) is 38.0 Å². The van der Waals surface area contributed by atoms with E-state index in [2.05, 4.69) is 15.5 Å². The first-order chi connectivity index (χ1) is 16.8. The Bertz CT molecular complexity index is 1350. The molecule has 10 heteroatoms. The van der Waals surface area contributed by atoms with Gasteiger partial charge in [0.25, 0.3) is 5.91 Å². The molecule has 4 aromatic rings. The summed E-state index contributed by atoms with van der Waals surface area (Å²) in [6, 6.07) is 15.2. The zero-order valence-electron chi connectivity index (χ0n) is 18.5. The zero-order valence-corrected chi connectivity index (χ0v) is 19.2. The van der Waals surface area contributed by atoms with Crippen LogP contribution in [0.2, 0.25) is 5.02 Å². The maximum atomic E-state index is 14.0. The molecule has 0 saturated carbocycles. The monoisotopic (exact) mass is 499 g/mol. The van der Waals surface area contributed by atoms with Crippen LogP contribution in [0.25, 0.3) is 5.69 Å². The average Bonchev–Trinajstić information content (AvgIpc) is 3.46. The molecule has 1 amide bonds. The van der Waals surface area contributed by atoms with E-state index in [0.717, 1.165) is 40.5 Å². The highest BCUT2D eigenvalue weighted by atomic mass is 35.5. The Balaban J connectivity index is 1.42. The van der Waals surface area contributed by atoms with Crippen LogP contribution in [0.3, 0.4) is 0 Å². The number of nitrogens with zero attached hydrogens (tertiary/aromatic N) is 4. The Labute approximate surface area is 204 Å². The lowest BCUT2D eigenvalue weighted by atomic mass is 9.92. The molecule has 6 nitrogen and oxygen atoms in total. The SMILES string of the molecule is O=C(NC1CCCc2c1cnn2Cc1ccccc1)c1cnn(-c2ccc(Cl)cc2)c1C(F)(F)F. The molecule has 1 N–H and O–H groups in total. The number of hydrogen-bond acceptors (Lipinski definition) is 3. The largest absolute Gasteiger partial charge is 0.434 e. The van der Waals surface area contributed by atoms with Gasteiger partial charge in [0.1, 0.15) is 0 Å². The molecule has 1 unspecified atom stereocenters. The number of benzene rings is 2. The van der Waals surface area contributed by atoms with E-state index in [4.69, 9.17) is 11.6 Å². The lowest BCUT2D eigenvalue weighted by Gasteiger charge is -2.24. The van der Waals surface area contributed by atoms with Gasteiger partial charge in [-0.3, -0.25) is 9.48 Å². The highest BCUT2D eigenvalue weighted by Gasteiger charge is 2.41. The molecule has 1 aliphatic carbocycles. The smallest absolute Gasteiger partial charge is 0.345 e. The van der Waals surface area contributed by atoms with Crippen molar-refractivity contribution in [3.63, 3.8) is 0 Å². The lowest BCUT2D eigenvalue weighted by Crippen LogP contribution is -2.32. The Morgan fingerprint density at radius 1 is 1.06 bits per heavy atom. The number of carbonyl (C=O) groups is 1. The number of nitrogens with one attached hydrogen (secondary N) is 1. The van der Waals surface area contributed by atoms with Crippen molar-refractivity contribution >= 4 is 17.5 Å². The minimum Gasteiger partial charge on any atom is -0.345 e. The van der Waals surface area contributed by atoms with E-state index < -0.39 is 29.4 Å². The molecule has 0 bridgehead atoms. The van der Waals surface area contributed by atoms with Gasteiger partial charge in [0.15, 0.2) is 5.69 Å². The van der Waals surface area contributed by atoms with E-state index in [1.807, 2.05) is 35.0 Å². The maximum absolute atomic E-state index is 14.0. The summed E-state index contributed by atoms with van der Waals surface area (Å²) in [5.41, 5.74) is 1.40. The number of amides is 1. The Hall–Kier alpha value is -3.59. The number of halogens is 4. The fourth-order valence-corrected chi connectivity index (χ4v) is 4.59. The van der Waals surface area contributed by atoms with E-state index in [1.165, 1.54) is 24.3 Å². The van der Waals surface area contributed by atoms with Gasteiger partial charge in [-0.2, -0.15) is 23.4 Å². The summed E-state index contributed by atoms with van der Waals surface area (Å²) in [6.07, 6.45) is 0.0501. The molecular weight excluding hydrogens is 479 g/mol. The lowest BCUT2D eigenvalue weighted by molar-refractivity contribution is -0.143. The summed E-state index contributed by atoms with van der Waals surface area (Å²) in [5.74, 6) is -0.828. The van der Waals surface area contributed by atoms with Gasteiger partial charge in [0, 0.05) is 16.3 Å². The second-order valence-corrected chi connectivity index (χ2v) is 8.84. The molecule has 1 aliphatic rings. The van der Waals surface area contributed by atoms with Gasteiger partial charge >= 0.3 is 6.18 Å². The van der Waals surface area contributed by atoms with Crippen LogP contribution in [0.4, 0.5) is 13.2 Å². The highest BCUT2D eigenvalue weighted by molar-refractivity contribution is 6.30. The van der Waals surface area contributed by atoms with Crippen molar-refractivity contribution in [3.8, 4) is 5.69 Å². The maximum Gasteiger partial charge on any atom is 0.434 e. The molecule has 35 heavy (non-hydrogen) atoms. The van der Waals surface area contributed by atoms with Crippen LogP contribution in [0.5, 0.6) is 0 Å². The predicted molar refractivity (Wildman–Crippen MR) is 124 cm³/mol. The number of aromatic nitrogens is 4. The summed E-state index contributed by atoms with van der Waals surface area (Å²) < 4.78 is 44.7. The zero-order chi connectivity index (χ0) is 24.6. The van der Waals surface area contributed by atoms with Crippen molar-refractivity contribution < 1.29 is 18.0 Å². The standard InChI is InChI=1S/C25H21ClF3N5O/c26-17-9-11-18(12-10-17)34-23(25(27,28)29)20(14-31-34)24(35)32-21-7-4-8-22-19(21)13-30-33(22)15-16-5-2-1-3-6-16/h1-3,5-6,9-14,21H,4,7-8,15H2,(H,32,35). The summed E-state index contributed by atoms with van der Waals surface area (Å²) in [6.45, 7) is 0.586. The number of hydrogen-bond donors (Lipinski definition) is 1. The highest BCUT2D eigenvalue weighted by Crippen LogP contribution is 2.35. The molecule has 2 heterocycles. The summed E-state index contributed by atoms with van der Waals surface area (Å²) in [5, 5.41) is 11.5. The van der Waals surface area contributed by atoms with E-state index in [1.54, 1.807) is 6.20 Å². The Morgan fingerprint density at radius 2 is 1.80 bits per heavy atom. The molecule has 0 spiro atoms. The molecule has 2 aromatic carbocycles. The first kappa shape index (κ1) is 23.2. The third kappa shape index (κ3) is 4.68. The first-order valence-electron chi connectivity index (χ1n) is 11.1. The second-order valence-electron chi connectivity index (χ2n) is 8.40. The third-order valence-electron chi connectivity index (χ3n) is 6.10. The molecule has 0 fully saturated rings. The number of fused-ring (bicyclic) bond motifs is 1. The molecule has 2 aromatic heterocycles. The Kier molecular flexibility index (Phi) is 6.10. The van der Waals surface area contributed by atoms with Gasteiger partial charge < -0.3 is 5.32 Å². The van der Waals surface area contributed by atoms with E-state index in [0.29, 0.717) is 18.0 Å². The number of rotatable bonds is 5. The minimum atomic E-state index is -4.79. The van der Waals surface area contributed by atoms with Crippen LogP contribution in [-0.2, 0) is 19.1 Å². The van der Waals surface area contributed by atoms with Gasteiger partial charge in [0.2, 0.25) is 0 Å². The third-order valence-corrected chi connectivity index (χ3v) is 6.35. The summed E-state index contributed by atoms with van der Waals surface area (Å²) >= 11 is 5.86. The second kappa shape index (κ2) is 9.22. The van der Waals surface area contributed by atoms with E-state index in [9.17, 15) is 18.0 Å². The van der Waals surface area contributed by atoms with E-state index >= 15 is 0 Å². The van der Waals surface area contributed by atoms with Crippen LogP contribution < -0.4 is 5.32 Å². The molecule has 1 atom stereocenters. The fraction of sp³-hybridized carbons (Fsp3) is 0.240. The molecule has 0 aliphatic heterocycles. The van der Waals surface area contributed by atoms with E-state index in [-0.39, 0.29) is 5.69 Å². The van der Waals surface area contributed by atoms with Gasteiger partial charge in [0.05, 0.1) is 36.2 Å². The topological polar surface area (TPSA) is 64.7 Å². The van der Waals surface area contributed by atoms with Crippen LogP contribution in [0.15, 0.2) is 67.0 Å². The van der Waals surface area contributed by atoms with Gasteiger partial charge in [-0.05, 0) is 49.1 Å². The molecule has 5 rings (SSSR count). The quantitative estimate of drug-likeness (QED) is 0.389. The molecular formula is C25H21ClF3N5O. The van der Waals surface area contributed by atoms with Crippen molar-refractivity contribution in [2.24, 2.45) is 0 Å². The van der Waals surface area contributed by atoms with Gasteiger partial charge in [-0.25, -0.2) is 4.68 Å². The van der Waals surface area contributed by atoms with Crippen LogP contribution >= 0.6 is 11.6 Å². The summed E-state index contributed by atoms with van der Waals surface area (Å²) in [4.78, 5) is 13.1. The fourth-order valence-electron chi connectivity index (χ4n) is 4.46. The van der Waals surface area contributed by atoms with Crippen molar-refractivity contribution in [3.05, 3.63) is 100 Å².